The third-order valence-corrected chi connectivity index (χ3v) is 9.28. The first-order valence-corrected chi connectivity index (χ1v) is 14.7. The van der Waals surface area contributed by atoms with E-state index >= 15 is 4.39 Å². The number of anilines is 2. The van der Waals surface area contributed by atoms with Gasteiger partial charge in [-0.05, 0) is 80.8 Å². The molecular formula is C33H36F2N4O4. The maximum atomic E-state index is 15.3. The van der Waals surface area contributed by atoms with Crippen LogP contribution in [0.3, 0.4) is 0 Å². The number of aliphatic hydroxyl groups is 1. The quantitative estimate of drug-likeness (QED) is 0.397. The first-order chi connectivity index (χ1) is 20.6. The van der Waals surface area contributed by atoms with Crippen LogP contribution in [0, 0.1) is 5.82 Å². The number of benzene rings is 3. The van der Waals surface area contributed by atoms with E-state index in [-0.39, 0.29) is 23.8 Å². The largest absolute Gasteiger partial charge is 0.478 e. The average Bonchev–Trinajstić information content (AvgIpc) is 3.37. The lowest BCUT2D eigenvalue weighted by Crippen LogP contribution is -2.56. The summed E-state index contributed by atoms with van der Waals surface area (Å²) in [5, 5.41) is 20.1. The van der Waals surface area contributed by atoms with Crippen LogP contribution < -0.4 is 9.80 Å². The molecule has 2 saturated heterocycles. The van der Waals surface area contributed by atoms with Gasteiger partial charge in [0.25, 0.3) is 0 Å². The van der Waals surface area contributed by atoms with Crippen molar-refractivity contribution in [3.63, 3.8) is 0 Å². The molecule has 1 amide bonds. The fourth-order valence-electron chi connectivity index (χ4n) is 6.91. The summed E-state index contributed by atoms with van der Waals surface area (Å²) >= 11 is 0. The van der Waals surface area contributed by atoms with Crippen molar-refractivity contribution >= 4 is 23.3 Å². The molecule has 3 aliphatic heterocycles. The predicted molar refractivity (Wildman–Crippen MR) is 159 cm³/mol. The Morgan fingerprint density at radius 2 is 1.72 bits per heavy atom. The number of carboxylic acids is 1. The van der Waals surface area contributed by atoms with E-state index in [1.165, 1.54) is 25.1 Å². The highest BCUT2D eigenvalue weighted by Gasteiger charge is 2.53. The highest BCUT2D eigenvalue weighted by molar-refractivity contribution is 5.93. The fraction of sp³-hybridized carbons (Fsp3) is 0.394. The summed E-state index contributed by atoms with van der Waals surface area (Å²) in [6.07, 6.45) is 0.632. The Morgan fingerprint density at radius 3 is 2.44 bits per heavy atom. The highest BCUT2D eigenvalue weighted by Crippen LogP contribution is 2.45. The van der Waals surface area contributed by atoms with Crippen LogP contribution in [0.5, 0.6) is 0 Å². The molecule has 3 aromatic rings. The van der Waals surface area contributed by atoms with Gasteiger partial charge in [-0.25, -0.2) is 13.6 Å². The molecule has 2 unspecified atom stereocenters. The Morgan fingerprint density at radius 1 is 1.00 bits per heavy atom. The topological polar surface area (TPSA) is 87.6 Å². The van der Waals surface area contributed by atoms with Crippen LogP contribution in [-0.2, 0) is 17.0 Å². The normalized spacial score (nSPS) is 23.3. The highest BCUT2D eigenvalue weighted by atomic mass is 19.1. The molecule has 0 aromatic heterocycles. The number of carboxylic acid groups (broad SMARTS) is 1. The van der Waals surface area contributed by atoms with E-state index in [1.807, 2.05) is 18.2 Å². The number of hydrogen-bond acceptors (Lipinski definition) is 6. The molecular weight excluding hydrogens is 554 g/mol. The number of amides is 1. The molecule has 2 atom stereocenters. The molecule has 43 heavy (non-hydrogen) atoms. The summed E-state index contributed by atoms with van der Waals surface area (Å²) in [5.74, 6) is -1.39. The molecule has 0 bridgehead atoms. The monoisotopic (exact) mass is 590 g/mol. The number of piperidine rings is 1. The van der Waals surface area contributed by atoms with Crippen molar-refractivity contribution < 1.29 is 28.6 Å². The smallest absolute Gasteiger partial charge is 0.335 e. The minimum atomic E-state index is -1.83. The molecule has 3 heterocycles. The summed E-state index contributed by atoms with van der Waals surface area (Å²) in [6, 6.07) is 20.0. The second-order valence-corrected chi connectivity index (χ2v) is 11.9. The molecule has 0 aliphatic carbocycles. The van der Waals surface area contributed by atoms with Gasteiger partial charge in [0.05, 0.1) is 12.2 Å². The standard InChI is InChI=1S/C33H36F2N4O4/c1-32(35)27-8-2-3-9-28(27)38(30(32)42)17-5-16-36-18-14-33(15-19-36)31(43)37(21-23-6-4-7-24(20-23)29(40)41)22-39(33)26-12-10-25(34)11-13-26/h2-4,6-13,20,30,42H,5,14-19,21-22H2,1H3,(H,40,41). The van der Waals surface area contributed by atoms with Crippen molar-refractivity contribution in [3.05, 3.63) is 95.3 Å². The predicted octanol–water partition coefficient (Wildman–Crippen LogP) is 4.58. The third-order valence-electron chi connectivity index (χ3n) is 9.28. The third kappa shape index (κ3) is 5.23. The number of likely N-dealkylation sites (tertiary alicyclic amines) is 1. The SMILES string of the molecule is CC1(F)c2ccccc2N(CCCN2CCC3(CC2)C(=O)N(Cc2cccc(C(=O)O)c2)CN3c2ccc(F)cc2)C1O. The van der Waals surface area contributed by atoms with E-state index in [4.69, 9.17) is 0 Å². The van der Waals surface area contributed by atoms with Gasteiger partial charge in [-0.1, -0.05) is 30.3 Å². The Hall–Kier alpha value is -4.02. The number of alkyl halides is 1. The van der Waals surface area contributed by atoms with Crippen LogP contribution >= 0.6 is 0 Å². The number of carbonyl (C=O) groups is 2. The molecule has 6 rings (SSSR count). The number of aliphatic hydroxyl groups excluding tert-OH is 1. The number of nitrogens with zero attached hydrogens (tertiary/aromatic N) is 4. The van der Waals surface area contributed by atoms with E-state index in [0.717, 1.165) is 29.9 Å². The zero-order chi connectivity index (χ0) is 30.4. The number of hydrogen-bond donors (Lipinski definition) is 2. The second-order valence-electron chi connectivity index (χ2n) is 11.9. The van der Waals surface area contributed by atoms with Gasteiger partial charge >= 0.3 is 5.97 Å². The summed E-state index contributed by atoms with van der Waals surface area (Å²) in [4.78, 5) is 33.4. The van der Waals surface area contributed by atoms with Gasteiger partial charge < -0.3 is 29.8 Å². The van der Waals surface area contributed by atoms with Crippen LogP contribution in [0.15, 0.2) is 72.8 Å². The van der Waals surface area contributed by atoms with E-state index in [9.17, 15) is 24.2 Å². The molecule has 226 valence electrons. The van der Waals surface area contributed by atoms with Gasteiger partial charge in [0.15, 0.2) is 11.9 Å². The minimum absolute atomic E-state index is 0.0174. The van der Waals surface area contributed by atoms with Crippen molar-refractivity contribution in [1.82, 2.24) is 9.80 Å². The minimum Gasteiger partial charge on any atom is -0.478 e. The van der Waals surface area contributed by atoms with Gasteiger partial charge in [0, 0.05) is 43.1 Å². The molecule has 1 spiro atoms. The first-order valence-electron chi connectivity index (χ1n) is 14.7. The van der Waals surface area contributed by atoms with E-state index < -0.39 is 23.4 Å². The van der Waals surface area contributed by atoms with Gasteiger partial charge in [-0.3, -0.25) is 4.79 Å². The number of aromatic carboxylic acids is 1. The summed E-state index contributed by atoms with van der Waals surface area (Å²) in [5.41, 5.74) is 0.266. The molecule has 3 aliphatic rings. The van der Waals surface area contributed by atoms with Crippen molar-refractivity contribution in [2.45, 2.75) is 50.2 Å². The number of rotatable bonds is 8. The van der Waals surface area contributed by atoms with Gasteiger partial charge in [0.2, 0.25) is 5.91 Å². The van der Waals surface area contributed by atoms with Gasteiger partial charge in [-0.2, -0.15) is 0 Å². The Labute approximate surface area is 249 Å². The number of fused-ring (bicyclic) bond motifs is 1. The molecule has 0 saturated carbocycles. The molecule has 8 nitrogen and oxygen atoms in total. The van der Waals surface area contributed by atoms with E-state index in [2.05, 4.69) is 9.80 Å². The van der Waals surface area contributed by atoms with E-state index in [0.29, 0.717) is 44.7 Å². The lowest BCUT2D eigenvalue weighted by Gasteiger charge is -2.43. The molecule has 2 fully saturated rings. The first kappa shape index (κ1) is 29.1. The summed E-state index contributed by atoms with van der Waals surface area (Å²) in [7, 11) is 0. The summed E-state index contributed by atoms with van der Waals surface area (Å²) < 4.78 is 29.1. The zero-order valence-corrected chi connectivity index (χ0v) is 24.1. The van der Waals surface area contributed by atoms with Gasteiger partial charge in [0.1, 0.15) is 11.4 Å². The Balaban J connectivity index is 1.14. The summed E-state index contributed by atoms with van der Waals surface area (Å²) in [6.45, 7) is 4.59. The maximum Gasteiger partial charge on any atom is 0.335 e. The lowest BCUT2D eigenvalue weighted by molar-refractivity contribution is -0.134. The lowest BCUT2D eigenvalue weighted by atomic mass is 9.85. The number of carbonyl (C=O) groups excluding carboxylic acids is 1. The molecule has 10 heteroatoms. The maximum absolute atomic E-state index is 15.3. The molecule has 2 N–H and O–H groups in total. The van der Waals surface area contributed by atoms with Crippen LogP contribution in [-0.4, -0.2) is 76.5 Å². The van der Waals surface area contributed by atoms with Crippen LogP contribution in [0.25, 0.3) is 0 Å². The van der Waals surface area contributed by atoms with Crippen molar-refractivity contribution in [2.75, 3.05) is 42.6 Å². The Kier molecular flexibility index (Phi) is 7.60. The number of halogens is 2. The zero-order valence-electron chi connectivity index (χ0n) is 24.1. The van der Waals surface area contributed by atoms with Crippen LogP contribution in [0.2, 0.25) is 0 Å². The molecule has 0 radical (unpaired) electrons. The Bertz CT molecular complexity index is 1510. The fourth-order valence-corrected chi connectivity index (χ4v) is 6.91. The van der Waals surface area contributed by atoms with Gasteiger partial charge in [-0.15, -0.1) is 0 Å². The molecule has 3 aromatic carbocycles. The van der Waals surface area contributed by atoms with E-state index in [1.54, 1.807) is 46.2 Å². The van der Waals surface area contributed by atoms with Crippen molar-refractivity contribution in [1.29, 1.82) is 0 Å². The van der Waals surface area contributed by atoms with Crippen molar-refractivity contribution in [2.24, 2.45) is 0 Å². The van der Waals surface area contributed by atoms with Crippen LogP contribution in [0.1, 0.15) is 47.7 Å². The average molecular weight is 591 g/mol. The van der Waals surface area contributed by atoms with Crippen LogP contribution in [0.4, 0.5) is 20.2 Å². The van der Waals surface area contributed by atoms with Crippen molar-refractivity contribution in [3.8, 4) is 0 Å². The number of para-hydroxylation sites is 1. The second kappa shape index (κ2) is 11.2.